The molecule has 80 valence electrons. The molecule has 1 aromatic heterocycles. The third-order valence-electron chi connectivity index (χ3n) is 2.14. The van der Waals surface area contributed by atoms with E-state index < -0.39 is 0 Å². The van der Waals surface area contributed by atoms with E-state index in [9.17, 15) is 0 Å². The zero-order valence-corrected chi connectivity index (χ0v) is 10.0. The van der Waals surface area contributed by atoms with E-state index in [-0.39, 0.29) is 5.41 Å². The Morgan fingerprint density at radius 3 is 2.87 bits per heavy atom. The van der Waals surface area contributed by atoms with E-state index in [1.165, 1.54) is 0 Å². The van der Waals surface area contributed by atoms with Crippen molar-refractivity contribution in [3.05, 3.63) is 24.4 Å². The highest BCUT2D eigenvalue weighted by Gasteiger charge is 2.15. The third-order valence-corrected chi connectivity index (χ3v) is 3.17. The molecule has 1 heterocycles. The van der Waals surface area contributed by atoms with Gasteiger partial charge in [0.15, 0.2) is 0 Å². The lowest BCUT2D eigenvalue weighted by atomic mass is 9.90. The minimum absolute atomic E-state index is 0.190. The molecule has 0 bridgehead atoms. The fraction of sp³-hybridized carbons (Fsp3) is 0.500. The van der Waals surface area contributed by atoms with E-state index >= 15 is 0 Å². The minimum atomic E-state index is -0.190. The largest absolute Gasteiger partial charge is 0.250 e. The first kappa shape index (κ1) is 12.1. The highest BCUT2D eigenvalue weighted by atomic mass is 32.2. The van der Waals surface area contributed by atoms with Crippen molar-refractivity contribution < 1.29 is 0 Å². The quantitative estimate of drug-likeness (QED) is 0.563. The summed E-state index contributed by atoms with van der Waals surface area (Å²) in [7, 11) is 0. The molecule has 0 saturated heterocycles. The topological polar surface area (TPSA) is 36.7 Å². The van der Waals surface area contributed by atoms with Crippen LogP contribution >= 0.6 is 11.8 Å². The Balaban J connectivity index is 2.21. The molecule has 0 N–H and O–H groups in total. The second-order valence-corrected chi connectivity index (χ2v) is 5.23. The summed E-state index contributed by atoms with van der Waals surface area (Å²) in [5, 5.41) is 9.90. The monoisotopic (exact) mass is 220 g/mol. The van der Waals surface area contributed by atoms with E-state index in [1.807, 2.05) is 38.2 Å². The van der Waals surface area contributed by atoms with E-state index in [2.05, 4.69) is 11.1 Å². The van der Waals surface area contributed by atoms with E-state index in [1.54, 1.807) is 11.8 Å². The van der Waals surface area contributed by atoms with E-state index in [0.29, 0.717) is 0 Å². The number of pyridine rings is 1. The van der Waals surface area contributed by atoms with Gasteiger partial charge in [-0.05, 0) is 44.6 Å². The van der Waals surface area contributed by atoms with Crippen LogP contribution in [0.15, 0.2) is 29.4 Å². The maximum absolute atomic E-state index is 8.84. The average molecular weight is 220 g/mol. The predicted molar refractivity (Wildman–Crippen MR) is 63.6 cm³/mol. The Bertz CT molecular complexity index is 327. The van der Waals surface area contributed by atoms with Crippen molar-refractivity contribution in [2.75, 3.05) is 5.75 Å². The first-order chi connectivity index (χ1) is 7.14. The SMILES string of the molecule is CC(C)(C#N)CCCSc1ccccn1. The first-order valence-corrected chi connectivity index (χ1v) is 6.08. The molecule has 0 unspecified atom stereocenters. The molecule has 15 heavy (non-hydrogen) atoms. The minimum Gasteiger partial charge on any atom is -0.250 e. The van der Waals surface area contributed by atoms with Gasteiger partial charge in [-0.25, -0.2) is 4.98 Å². The highest BCUT2D eigenvalue weighted by Crippen LogP contribution is 2.23. The smallest absolute Gasteiger partial charge is 0.0959 e. The molecule has 1 rings (SSSR count). The number of rotatable bonds is 5. The van der Waals surface area contributed by atoms with Crippen LogP contribution in [-0.4, -0.2) is 10.7 Å². The van der Waals surface area contributed by atoms with Gasteiger partial charge in [0.1, 0.15) is 0 Å². The van der Waals surface area contributed by atoms with Crippen LogP contribution in [0.3, 0.4) is 0 Å². The van der Waals surface area contributed by atoms with Crippen molar-refractivity contribution in [2.45, 2.75) is 31.7 Å². The lowest BCUT2D eigenvalue weighted by Crippen LogP contribution is -2.07. The van der Waals surface area contributed by atoms with E-state index in [4.69, 9.17) is 5.26 Å². The molecular formula is C12H16N2S. The fourth-order valence-corrected chi connectivity index (χ4v) is 1.99. The molecule has 0 aliphatic rings. The molecule has 0 aliphatic heterocycles. The number of aromatic nitrogens is 1. The maximum atomic E-state index is 8.84. The molecule has 0 fully saturated rings. The van der Waals surface area contributed by atoms with Gasteiger partial charge in [-0.3, -0.25) is 0 Å². The maximum Gasteiger partial charge on any atom is 0.0959 e. The molecule has 0 amide bonds. The Hall–Kier alpha value is -1.01. The fourth-order valence-electron chi connectivity index (χ4n) is 1.18. The zero-order valence-electron chi connectivity index (χ0n) is 9.23. The molecule has 1 aromatic rings. The Labute approximate surface area is 95.7 Å². The van der Waals surface area contributed by atoms with Crippen molar-refractivity contribution in [3.8, 4) is 6.07 Å². The first-order valence-electron chi connectivity index (χ1n) is 5.09. The van der Waals surface area contributed by atoms with Gasteiger partial charge < -0.3 is 0 Å². The Morgan fingerprint density at radius 2 is 2.27 bits per heavy atom. The second-order valence-electron chi connectivity index (χ2n) is 4.12. The van der Waals surface area contributed by atoms with Gasteiger partial charge in [0, 0.05) is 6.20 Å². The lowest BCUT2D eigenvalue weighted by molar-refractivity contribution is 0.448. The second kappa shape index (κ2) is 5.77. The molecule has 0 radical (unpaired) electrons. The van der Waals surface area contributed by atoms with Gasteiger partial charge >= 0.3 is 0 Å². The summed E-state index contributed by atoms with van der Waals surface area (Å²) in [5.74, 6) is 1.03. The number of nitriles is 1. The normalized spacial score (nSPS) is 11.0. The molecule has 3 heteroatoms. The zero-order chi connectivity index (χ0) is 11.1. The van der Waals surface area contributed by atoms with Crippen LogP contribution in [0.2, 0.25) is 0 Å². The van der Waals surface area contributed by atoms with Crippen molar-refractivity contribution in [1.29, 1.82) is 5.26 Å². The van der Waals surface area contributed by atoms with Crippen LogP contribution in [0.25, 0.3) is 0 Å². The molecule has 2 nitrogen and oxygen atoms in total. The standard InChI is InChI=1S/C12H16N2S/c1-12(2,10-13)7-5-9-15-11-6-3-4-8-14-11/h3-4,6,8H,5,7,9H2,1-2H3. The van der Waals surface area contributed by atoms with Gasteiger partial charge in [-0.2, -0.15) is 5.26 Å². The highest BCUT2D eigenvalue weighted by molar-refractivity contribution is 7.99. The van der Waals surface area contributed by atoms with Gasteiger partial charge in [0.05, 0.1) is 16.5 Å². The Morgan fingerprint density at radius 1 is 1.47 bits per heavy atom. The molecule has 0 aromatic carbocycles. The predicted octanol–water partition coefficient (Wildman–Crippen LogP) is 3.50. The third kappa shape index (κ3) is 4.85. The number of hydrogen-bond donors (Lipinski definition) is 0. The van der Waals surface area contributed by atoms with Crippen molar-refractivity contribution in [1.82, 2.24) is 4.98 Å². The number of nitrogens with zero attached hydrogens (tertiary/aromatic N) is 2. The molecular weight excluding hydrogens is 204 g/mol. The number of thioether (sulfide) groups is 1. The van der Waals surface area contributed by atoms with Crippen LogP contribution in [0.5, 0.6) is 0 Å². The summed E-state index contributed by atoms with van der Waals surface area (Å²) in [6, 6.07) is 8.24. The summed E-state index contributed by atoms with van der Waals surface area (Å²) >= 11 is 1.75. The van der Waals surface area contributed by atoms with Gasteiger partial charge in [0.25, 0.3) is 0 Å². The summed E-state index contributed by atoms with van der Waals surface area (Å²) in [6.45, 7) is 3.97. The number of hydrogen-bond acceptors (Lipinski definition) is 3. The summed E-state index contributed by atoms with van der Waals surface area (Å²) in [4.78, 5) is 4.23. The van der Waals surface area contributed by atoms with Crippen molar-refractivity contribution in [2.24, 2.45) is 5.41 Å². The van der Waals surface area contributed by atoms with Crippen LogP contribution in [0.4, 0.5) is 0 Å². The van der Waals surface area contributed by atoms with Gasteiger partial charge in [0.2, 0.25) is 0 Å². The summed E-state index contributed by atoms with van der Waals surface area (Å²) in [5.41, 5.74) is -0.190. The van der Waals surface area contributed by atoms with Gasteiger partial charge in [-0.1, -0.05) is 6.07 Å². The van der Waals surface area contributed by atoms with Crippen molar-refractivity contribution in [3.63, 3.8) is 0 Å². The van der Waals surface area contributed by atoms with Crippen LogP contribution in [0, 0.1) is 16.7 Å². The molecule has 0 saturated carbocycles. The van der Waals surface area contributed by atoms with Crippen LogP contribution < -0.4 is 0 Å². The molecule has 0 aliphatic carbocycles. The molecule has 0 spiro atoms. The summed E-state index contributed by atoms with van der Waals surface area (Å²) in [6.07, 6.45) is 3.81. The van der Waals surface area contributed by atoms with Crippen LogP contribution in [0.1, 0.15) is 26.7 Å². The van der Waals surface area contributed by atoms with Crippen LogP contribution in [-0.2, 0) is 0 Å². The molecule has 0 atom stereocenters. The average Bonchev–Trinajstić information content (AvgIpc) is 2.26. The lowest BCUT2D eigenvalue weighted by Gasteiger charge is -2.13. The van der Waals surface area contributed by atoms with Crippen molar-refractivity contribution >= 4 is 11.8 Å². The van der Waals surface area contributed by atoms with E-state index in [0.717, 1.165) is 23.6 Å². The Kier molecular flexibility index (Phi) is 4.64. The summed E-state index contributed by atoms with van der Waals surface area (Å²) < 4.78 is 0. The van der Waals surface area contributed by atoms with Gasteiger partial charge in [-0.15, -0.1) is 11.8 Å².